The van der Waals surface area contributed by atoms with Gasteiger partial charge in [-0.3, -0.25) is 9.59 Å². The second-order valence-corrected chi connectivity index (χ2v) is 11.1. The number of unbranched alkanes of at least 4 members (excludes halogenated alkanes) is 20. The molecule has 234 valence electrons. The first-order valence-electron chi connectivity index (χ1n) is 16.2. The fraction of sp³-hybridized carbons (Fsp3) is 0.875. The summed E-state index contributed by atoms with van der Waals surface area (Å²) < 4.78 is 9.89. The van der Waals surface area contributed by atoms with Gasteiger partial charge in [0.15, 0.2) is 0 Å². The van der Waals surface area contributed by atoms with Crippen LogP contribution in [0, 0.1) is 0 Å². The van der Waals surface area contributed by atoms with E-state index in [1.165, 1.54) is 89.9 Å². The minimum Gasteiger partial charge on any atom is -0.478 e. The first-order valence-corrected chi connectivity index (χ1v) is 16.2. The zero-order valence-corrected chi connectivity index (χ0v) is 25.5. The summed E-state index contributed by atoms with van der Waals surface area (Å²) in [4.78, 5) is 47.7. The molecule has 0 saturated heterocycles. The highest BCUT2D eigenvalue weighted by Crippen LogP contribution is 2.15. The molecule has 8 nitrogen and oxygen atoms in total. The van der Waals surface area contributed by atoms with Crippen molar-refractivity contribution in [3.63, 3.8) is 0 Å². The van der Waals surface area contributed by atoms with Gasteiger partial charge in [0.2, 0.25) is 12.2 Å². The molecule has 0 aromatic carbocycles. The Morgan fingerprint density at radius 3 is 0.875 bits per heavy atom. The number of carboxylic acid groups (broad SMARTS) is 2. The molecule has 2 N–H and O–H groups in total. The van der Waals surface area contributed by atoms with Crippen LogP contribution in [0.2, 0.25) is 0 Å². The Kier molecular flexibility index (Phi) is 25.6. The van der Waals surface area contributed by atoms with Gasteiger partial charge >= 0.3 is 23.9 Å². The predicted molar refractivity (Wildman–Crippen MR) is 157 cm³/mol. The van der Waals surface area contributed by atoms with Gasteiger partial charge in [0.25, 0.3) is 0 Å². The van der Waals surface area contributed by atoms with E-state index in [2.05, 4.69) is 13.8 Å². The van der Waals surface area contributed by atoms with Crippen LogP contribution in [-0.4, -0.2) is 46.3 Å². The molecule has 0 aliphatic rings. The number of esters is 2. The number of carbonyl (C=O) groups excluding carboxylic acids is 2. The molecule has 2 unspecified atom stereocenters. The van der Waals surface area contributed by atoms with E-state index in [0.717, 1.165) is 38.5 Å². The highest BCUT2D eigenvalue weighted by atomic mass is 16.6. The number of ether oxygens (including phenoxy) is 2. The van der Waals surface area contributed by atoms with E-state index in [0.29, 0.717) is 12.8 Å². The number of carbonyl (C=O) groups is 4. The van der Waals surface area contributed by atoms with Crippen molar-refractivity contribution in [3.05, 3.63) is 0 Å². The minimum absolute atomic E-state index is 0.000175. The second-order valence-electron chi connectivity index (χ2n) is 11.1. The largest absolute Gasteiger partial charge is 0.478 e. The van der Waals surface area contributed by atoms with Gasteiger partial charge in [0, 0.05) is 12.8 Å². The zero-order chi connectivity index (χ0) is 29.8. The van der Waals surface area contributed by atoms with Crippen LogP contribution in [0.4, 0.5) is 0 Å². The molecular weight excluding hydrogens is 512 g/mol. The summed E-state index contributed by atoms with van der Waals surface area (Å²) in [6, 6.07) is 0. The average molecular weight is 571 g/mol. The van der Waals surface area contributed by atoms with Crippen LogP contribution in [0.1, 0.15) is 168 Å². The van der Waals surface area contributed by atoms with Crippen molar-refractivity contribution in [1.82, 2.24) is 0 Å². The number of carboxylic acids is 2. The Labute approximate surface area is 243 Å². The molecule has 0 fully saturated rings. The molecule has 2 atom stereocenters. The lowest BCUT2D eigenvalue weighted by atomic mass is 10.1. The maximum Gasteiger partial charge on any atom is 0.349 e. The highest BCUT2D eigenvalue weighted by molar-refractivity contribution is 5.87. The first kappa shape index (κ1) is 37.9. The van der Waals surface area contributed by atoms with E-state index in [1.807, 2.05) is 0 Å². The van der Waals surface area contributed by atoms with Crippen LogP contribution >= 0.6 is 0 Å². The van der Waals surface area contributed by atoms with E-state index < -0.39 is 36.1 Å². The molecule has 0 aliphatic heterocycles. The van der Waals surface area contributed by atoms with E-state index >= 15 is 0 Å². The van der Waals surface area contributed by atoms with Gasteiger partial charge in [-0.2, -0.15) is 0 Å². The molecule has 0 aromatic heterocycles. The van der Waals surface area contributed by atoms with Crippen LogP contribution in [0.15, 0.2) is 0 Å². The first-order chi connectivity index (χ1) is 19.3. The standard InChI is InChI=1S/C32H58O8/c1-3-5-7-9-11-13-15-17-19-21-23-25-27(33)39-29(31(35)36)30(32(37)38)40-28(34)26-24-22-20-18-16-14-12-10-8-6-4-2/h29-30H,3-26H2,1-2H3,(H,35,36)(H,37,38). The summed E-state index contributed by atoms with van der Waals surface area (Å²) in [6.07, 6.45) is 20.3. The highest BCUT2D eigenvalue weighted by Gasteiger charge is 2.40. The second kappa shape index (κ2) is 27.1. The van der Waals surface area contributed by atoms with Crippen molar-refractivity contribution < 1.29 is 38.9 Å². The maximum atomic E-state index is 12.2. The van der Waals surface area contributed by atoms with Crippen LogP contribution in [0.3, 0.4) is 0 Å². The van der Waals surface area contributed by atoms with E-state index in [4.69, 9.17) is 9.47 Å². The van der Waals surface area contributed by atoms with Crippen LogP contribution in [-0.2, 0) is 28.7 Å². The Morgan fingerprint density at radius 1 is 0.425 bits per heavy atom. The van der Waals surface area contributed by atoms with Crippen molar-refractivity contribution in [2.24, 2.45) is 0 Å². The van der Waals surface area contributed by atoms with Crippen molar-refractivity contribution in [3.8, 4) is 0 Å². The Balaban J connectivity index is 4.17. The lowest BCUT2D eigenvalue weighted by Gasteiger charge is -2.21. The summed E-state index contributed by atoms with van der Waals surface area (Å²) in [6.45, 7) is 4.41. The normalized spacial score (nSPS) is 12.6. The fourth-order valence-corrected chi connectivity index (χ4v) is 4.75. The van der Waals surface area contributed by atoms with Crippen molar-refractivity contribution >= 4 is 23.9 Å². The molecule has 0 heterocycles. The molecule has 0 aliphatic carbocycles. The molecule has 0 aromatic rings. The smallest absolute Gasteiger partial charge is 0.349 e. The molecule has 0 amide bonds. The Hall–Kier alpha value is -2.12. The predicted octanol–water partition coefficient (Wildman–Crippen LogP) is 8.38. The summed E-state index contributed by atoms with van der Waals surface area (Å²) in [5.74, 6) is -4.89. The van der Waals surface area contributed by atoms with Crippen molar-refractivity contribution in [2.75, 3.05) is 0 Å². The summed E-state index contributed by atoms with van der Waals surface area (Å²) >= 11 is 0. The summed E-state index contributed by atoms with van der Waals surface area (Å²) in [5.41, 5.74) is 0. The monoisotopic (exact) mass is 570 g/mol. The summed E-state index contributed by atoms with van der Waals surface area (Å²) in [5, 5.41) is 18.9. The third-order valence-corrected chi connectivity index (χ3v) is 7.25. The molecule has 40 heavy (non-hydrogen) atoms. The SMILES string of the molecule is CCCCCCCCCCCCCC(=O)OC(C(=O)O)C(OC(=O)CCCCCCCCCCCCC)C(=O)O. The van der Waals surface area contributed by atoms with Gasteiger partial charge in [0.1, 0.15) is 0 Å². The Bertz CT molecular complexity index is 607. The summed E-state index contributed by atoms with van der Waals surface area (Å²) in [7, 11) is 0. The third kappa shape index (κ3) is 22.7. The van der Waals surface area contributed by atoms with E-state index in [-0.39, 0.29) is 12.8 Å². The quantitative estimate of drug-likeness (QED) is 0.0678. The molecule has 0 saturated carbocycles. The average Bonchev–Trinajstić information content (AvgIpc) is 2.92. The van der Waals surface area contributed by atoms with Gasteiger partial charge in [-0.15, -0.1) is 0 Å². The van der Waals surface area contributed by atoms with E-state index in [1.54, 1.807) is 0 Å². The van der Waals surface area contributed by atoms with Crippen LogP contribution in [0.5, 0.6) is 0 Å². The van der Waals surface area contributed by atoms with Gasteiger partial charge in [-0.25, -0.2) is 9.59 Å². The molecule has 0 bridgehead atoms. The van der Waals surface area contributed by atoms with Gasteiger partial charge in [0.05, 0.1) is 0 Å². The molecule has 8 heteroatoms. The topological polar surface area (TPSA) is 127 Å². The maximum absolute atomic E-state index is 12.2. The number of hydrogen-bond donors (Lipinski definition) is 2. The third-order valence-electron chi connectivity index (χ3n) is 7.25. The van der Waals surface area contributed by atoms with Gasteiger partial charge in [-0.05, 0) is 12.8 Å². The zero-order valence-electron chi connectivity index (χ0n) is 25.5. The minimum atomic E-state index is -2.07. The lowest BCUT2D eigenvalue weighted by molar-refractivity contribution is -0.187. The van der Waals surface area contributed by atoms with E-state index in [9.17, 15) is 29.4 Å². The number of rotatable bonds is 29. The van der Waals surface area contributed by atoms with Crippen LogP contribution < -0.4 is 0 Å². The Morgan fingerprint density at radius 2 is 0.650 bits per heavy atom. The van der Waals surface area contributed by atoms with Gasteiger partial charge < -0.3 is 19.7 Å². The lowest BCUT2D eigenvalue weighted by Crippen LogP contribution is -2.45. The van der Waals surface area contributed by atoms with Crippen molar-refractivity contribution in [1.29, 1.82) is 0 Å². The van der Waals surface area contributed by atoms with Crippen molar-refractivity contribution in [2.45, 2.75) is 180 Å². The molecule has 0 rings (SSSR count). The molecular formula is C32H58O8. The van der Waals surface area contributed by atoms with Crippen LogP contribution in [0.25, 0.3) is 0 Å². The number of aliphatic carboxylic acids is 2. The van der Waals surface area contributed by atoms with Gasteiger partial charge in [-0.1, -0.05) is 142 Å². The molecule has 0 radical (unpaired) electrons. The molecule has 0 spiro atoms. The number of hydrogen-bond acceptors (Lipinski definition) is 6. The fourth-order valence-electron chi connectivity index (χ4n) is 4.75.